The Bertz CT molecular complexity index is 288. The first-order valence-electron chi connectivity index (χ1n) is 4.14. The molecule has 0 bridgehead atoms. The maximum Gasteiger partial charge on any atom is 0.115 e. The summed E-state index contributed by atoms with van der Waals surface area (Å²) >= 11 is 5.90. The summed E-state index contributed by atoms with van der Waals surface area (Å²) in [4.78, 5) is 0. The third-order valence-electron chi connectivity index (χ3n) is 2.02. The van der Waals surface area contributed by atoms with E-state index in [4.69, 9.17) is 16.7 Å². The first-order valence-corrected chi connectivity index (χ1v) is 4.52. The highest BCUT2D eigenvalue weighted by Crippen LogP contribution is 2.25. The smallest absolute Gasteiger partial charge is 0.115 e. The van der Waals surface area contributed by atoms with Crippen molar-refractivity contribution in [1.29, 1.82) is 0 Å². The molecule has 0 radical (unpaired) electrons. The van der Waals surface area contributed by atoms with Gasteiger partial charge in [0.15, 0.2) is 0 Å². The summed E-state index contributed by atoms with van der Waals surface area (Å²) in [5.74, 6) is 0.00108. The van der Waals surface area contributed by atoms with Crippen molar-refractivity contribution in [3.05, 3.63) is 34.3 Å². The summed E-state index contributed by atoms with van der Waals surface area (Å²) in [6.07, 6.45) is 0. The van der Waals surface area contributed by atoms with Gasteiger partial charge in [-0.25, -0.2) is 4.39 Å². The second kappa shape index (κ2) is 4.58. The van der Waals surface area contributed by atoms with E-state index in [-0.39, 0.29) is 12.5 Å². The highest BCUT2D eigenvalue weighted by atomic mass is 35.5. The van der Waals surface area contributed by atoms with Crippen molar-refractivity contribution < 1.29 is 9.50 Å². The van der Waals surface area contributed by atoms with Crippen LogP contribution in [0.25, 0.3) is 0 Å². The topological polar surface area (TPSA) is 20.2 Å². The lowest BCUT2D eigenvalue weighted by Gasteiger charge is -2.10. The molecule has 0 heterocycles. The Hall–Kier alpha value is -0.600. The van der Waals surface area contributed by atoms with Crippen molar-refractivity contribution in [2.24, 2.45) is 0 Å². The molecule has 0 aliphatic carbocycles. The van der Waals surface area contributed by atoms with Crippen molar-refractivity contribution in [1.82, 2.24) is 0 Å². The lowest BCUT2D eigenvalue weighted by atomic mass is 10.0. The molecule has 0 aliphatic rings. The van der Waals surface area contributed by atoms with Gasteiger partial charge in [-0.3, -0.25) is 0 Å². The number of aliphatic hydroxyl groups is 1. The molecular formula is C10H12ClFO. The number of hydrogen-bond acceptors (Lipinski definition) is 1. The third-order valence-corrected chi connectivity index (χ3v) is 2.35. The van der Waals surface area contributed by atoms with Crippen LogP contribution >= 0.6 is 11.6 Å². The number of rotatable bonds is 3. The van der Waals surface area contributed by atoms with Gasteiger partial charge in [0, 0.05) is 17.5 Å². The molecule has 13 heavy (non-hydrogen) atoms. The second-order valence-corrected chi connectivity index (χ2v) is 3.48. The Kier molecular flexibility index (Phi) is 3.70. The van der Waals surface area contributed by atoms with E-state index in [0.29, 0.717) is 10.6 Å². The quantitative estimate of drug-likeness (QED) is 0.799. The molecule has 72 valence electrons. The molecule has 1 unspecified atom stereocenters. The maximum atomic E-state index is 12.2. The van der Waals surface area contributed by atoms with Crippen LogP contribution in [0.3, 0.4) is 0 Å². The van der Waals surface area contributed by atoms with Crippen molar-refractivity contribution >= 4 is 11.6 Å². The van der Waals surface area contributed by atoms with E-state index in [1.165, 1.54) is 0 Å². The summed E-state index contributed by atoms with van der Waals surface area (Å²) in [6, 6.07) is 5.05. The molecule has 1 N–H and O–H groups in total. The molecule has 0 aliphatic heterocycles. The van der Waals surface area contributed by atoms with Crippen LogP contribution in [0.5, 0.6) is 0 Å². The minimum absolute atomic E-state index is 0.00108. The lowest BCUT2D eigenvalue weighted by Crippen LogP contribution is -1.99. The molecule has 0 fully saturated rings. The van der Waals surface area contributed by atoms with E-state index in [1.807, 2.05) is 6.92 Å². The highest BCUT2D eigenvalue weighted by molar-refractivity contribution is 6.31. The molecule has 1 aromatic rings. The Balaban J connectivity index is 2.98. The molecule has 0 spiro atoms. The molecule has 0 amide bonds. The molecule has 1 atom stereocenters. The van der Waals surface area contributed by atoms with Gasteiger partial charge in [0.1, 0.15) is 6.67 Å². The minimum atomic E-state index is -0.506. The van der Waals surface area contributed by atoms with Crippen molar-refractivity contribution in [3.63, 3.8) is 0 Å². The zero-order valence-electron chi connectivity index (χ0n) is 7.43. The molecule has 3 heteroatoms. The number of benzene rings is 1. The molecule has 1 rings (SSSR count). The van der Waals surface area contributed by atoms with Crippen molar-refractivity contribution in [2.75, 3.05) is 6.61 Å². The van der Waals surface area contributed by atoms with Crippen LogP contribution in [-0.2, 0) is 6.67 Å². The number of alkyl halides is 1. The minimum Gasteiger partial charge on any atom is -0.396 e. The summed E-state index contributed by atoms with van der Waals surface area (Å²) < 4.78 is 12.2. The Morgan fingerprint density at radius 2 is 2.23 bits per heavy atom. The van der Waals surface area contributed by atoms with Crippen LogP contribution < -0.4 is 0 Å². The van der Waals surface area contributed by atoms with E-state index < -0.39 is 6.67 Å². The van der Waals surface area contributed by atoms with Gasteiger partial charge >= 0.3 is 0 Å². The monoisotopic (exact) mass is 202 g/mol. The first-order chi connectivity index (χ1) is 6.19. The van der Waals surface area contributed by atoms with Gasteiger partial charge in [0.25, 0.3) is 0 Å². The van der Waals surface area contributed by atoms with Gasteiger partial charge in [-0.15, -0.1) is 0 Å². The number of aliphatic hydroxyl groups excluding tert-OH is 1. The van der Waals surface area contributed by atoms with Gasteiger partial charge in [-0.2, -0.15) is 0 Å². The normalized spacial score (nSPS) is 12.9. The van der Waals surface area contributed by atoms with E-state index in [1.54, 1.807) is 18.2 Å². The zero-order chi connectivity index (χ0) is 9.84. The van der Waals surface area contributed by atoms with Crippen molar-refractivity contribution in [2.45, 2.75) is 19.5 Å². The van der Waals surface area contributed by atoms with E-state index >= 15 is 0 Å². The van der Waals surface area contributed by atoms with Crippen molar-refractivity contribution in [3.8, 4) is 0 Å². The molecule has 0 saturated heterocycles. The highest BCUT2D eigenvalue weighted by Gasteiger charge is 2.08. The van der Waals surface area contributed by atoms with Crippen LogP contribution in [0, 0.1) is 0 Å². The largest absolute Gasteiger partial charge is 0.396 e. The molecule has 1 nitrogen and oxygen atoms in total. The lowest BCUT2D eigenvalue weighted by molar-refractivity contribution is 0.273. The second-order valence-electron chi connectivity index (χ2n) is 3.07. The standard InChI is InChI=1S/C10H12ClFO/c1-7(6-13)9-3-2-8(5-12)4-10(9)11/h2-4,7,13H,5-6H2,1H3. The summed E-state index contributed by atoms with van der Waals surface area (Å²) in [6.45, 7) is 1.42. The van der Waals surface area contributed by atoms with Gasteiger partial charge in [0.2, 0.25) is 0 Å². The third kappa shape index (κ3) is 2.42. The first kappa shape index (κ1) is 10.5. The Labute approximate surface area is 82.2 Å². The number of hydrogen-bond donors (Lipinski definition) is 1. The fourth-order valence-corrected chi connectivity index (χ4v) is 1.54. The van der Waals surface area contributed by atoms with Crippen LogP contribution in [0.1, 0.15) is 24.0 Å². The SMILES string of the molecule is CC(CO)c1ccc(CF)cc1Cl. The molecular weight excluding hydrogens is 191 g/mol. The molecule has 0 saturated carbocycles. The van der Waals surface area contributed by atoms with Crippen LogP contribution in [0.15, 0.2) is 18.2 Å². The molecule has 0 aromatic heterocycles. The molecule has 1 aromatic carbocycles. The fourth-order valence-electron chi connectivity index (χ4n) is 1.15. The van der Waals surface area contributed by atoms with Gasteiger partial charge in [0.05, 0.1) is 0 Å². The zero-order valence-corrected chi connectivity index (χ0v) is 8.18. The van der Waals surface area contributed by atoms with Crippen LogP contribution in [-0.4, -0.2) is 11.7 Å². The van der Waals surface area contributed by atoms with Gasteiger partial charge in [-0.05, 0) is 17.2 Å². The summed E-state index contributed by atoms with van der Waals surface area (Å²) in [7, 11) is 0. The van der Waals surface area contributed by atoms with E-state index in [2.05, 4.69) is 0 Å². The predicted octanol–water partition coefficient (Wildman–Crippen LogP) is 2.91. The van der Waals surface area contributed by atoms with Gasteiger partial charge < -0.3 is 5.11 Å². The maximum absolute atomic E-state index is 12.2. The Morgan fingerprint density at radius 3 is 2.69 bits per heavy atom. The average molecular weight is 203 g/mol. The average Bonchev–Trinajstić information content (AvgIpc) is 2.16. The van der Waals surface area contributed by atoms with Crippen LogP contribution in [0.2, 0.25) is 5.02 Å². The van der Waals surface area contributed by atoms with E-state index in [0.717, 1.165) is 5.56 Å². The van der Waals surface area contributed by atoms with E-state index in [9.17, 15) is 4.39 Å². The summed E-state index contributed by atoms with van der Waals surface area (Å²) in [5.41, 5.74) is 1.43. The number of halogens is 2. The fraction of sp³-hybridized carbons (Fsp3) is 0.400. The van der Waals surface area contributed by atoms with Crippen LogP contribution in [0.4, 0.5) is 4.39 Å². The predicted molar refractivity (Wildman–Crippen MR) is 51.8 cm³/mol. The summed E-state index contributed by atoms with van der Waals surface area (Å²) in [5, 5.41) is 9.43. The Morgan fingerprint density at radius 1 is 1.54 bits per heavy atom. The van der Waals surface area contributed by atoms with Gasteiger partial charge in [-0.1, -0.05) is 30.7 Å².